The first-order chi connectivity index (χ1) is 8.60. The van der Waals surface area contributed by atoms with E-state index >= 15 is 0 Å². The van der Waals surface area contributed by atoms with Crippen LogP contribution in [0.3, 0.4) is 0 Å². The highest BCUT2D eigenvalue weighted by Gasteiger charge is 2.19. The molecule has 0 bridgehead atoms. The molecule has 0 fully saturated rings. The van der Waals surface area contributed by atoms with Crippen LogP contribution < -0.4 is 0 Å². The molecule has 0 saturated heterocycles. The third-order valence-electron chi connectivity index (χ3n) is 2.79. The number of aryl methyl sites for hydroxylation is 1. The smallest absolute Gasteiger partial charge is 0.105 e. The zero-order valence-corrected chi connectivity index (χ0v) is 10.2. The Morgan fingerprint density at radius 2 is 2.11 bits per heavy atom. The first-order valence-electron chi connectivity index (χ1n) is 5.67. The summed E-state index contributed by atoms with van der Waals surface area (Å²) in [6.07, 6.45) is -1.80. The number of rotatable bonds is 6. The van der Waals surface area contributed by atoms with Crippen LogP contribution in [0.15, 0.2) is 23.3 Å². The Balaban J connectivity index is 2.76. The predicted molar refractivity (Wildman–Crippen MR) is 66.7 cm³/mol. The molecule has 6 heteroatoms. The second-order valence-electron chi connectivity index (χ2n) is 4.10. The van der Waals surface area contributed by atoms with Crippen molar-refractivity contribution in [1.82, 2.24) is 0 Å². The minimum absolute atomic E-state index is 0.0589. The Hall–Kier alpha value is -1.59. The molecule has 0 aliphatic rings. The summed E-state index contributed by atoms with van der Waals surface area (Å²) in [6, 6.07) is 5.15. The van der Waals surface area contributed by atoms with Gasteiger partial charge in [0.1, 0.15) is 6.10 Å². The maximum atomic E-state index is 9.99. The number of hydrogen-bond acceptors (Lipinski definition) is 4. The summed E-state index contributed by atoms with van der Waals surface area (Å²) in [7, 11) is 0. The number of nitrogens with zero attached hydrogens (tertiary/aromatic N) is 3. The molecule has 1 rings (SSSR count). The molecular weight excluding hydrogens is 234 g/mol. The lowest BCUT2D eigenvalue weighted by Gasteiger charge is -2.19. The Bertz CT molecular complexity index is 444. The lowest BCUT2D eigenvalue weighted by Crippen LogP contribution is -2.20. The normalized spacial score (nSPS) is 13.8. The summed E-state index contributed by atoms with van der Waals surface area (Å²) in [4.78, 5) is 2.58. The van der Waals surface area contributed by atoms with Gasteiger partial charge in [-0.2, -0.15) is 0 Å². The topological polar surface area (TPSA) is 109 Å². The van der Waals surface area contributed by atoms with E-state index < -0.39 is 12.2 Å². The van der Waals surface area contributed by atoms with E-state index in [-0.39, 0.29) is 19.6 Å². The monoisotopic (exact) mass is 251 g/mol. The number of aliphatic hydroxyl groups excluding tert-OH is 3. The van der Waals surface area contributed by atoms with E-state index in [0.29, 0.717) is 5.56 Å². The molecule has 0 radical (unpaired) electrons. The van der Waals surface area contributed by atoms with Gasteiger partial charge in [-0.25, -0.2) is 0 Å². The summed E-state index contributed by atoms with van der Waals surface area (Å²) in [6.45, 7) is 1.89. The van der Waals surface area contributed by atoms with E-state index in [1.165, 1.54) is 0 Å². The maximum Gasteiger partial charge on any atom is 0.105 e. The molecule has 1 aromatic rings. The van der Waals surface area contributed by atoms with E-state index in [2.05, 4.69) is 10.0 Å². The van der Waals surface area contributed by atoms with Gasteiger partial charge in [-0.15, -0.1) is 0 Å². The standard InChI is InChI=1S/C12H17N3O3/c1-8-6-9(7-16)2-3-10(8)12(18)11(17)4-5-14-15-13/h2-3,6,11-12,16-18H,4-5,7H2,1H3. The largest absolute Gasteiger partial charge is 0.392 e. The van der Waals surface area contributed by atoms with Crippen molar-refractivity contribution in [3.63, 3.8) is 0 Å². The van der Waals surface area contributed by atoms with E-state index in [1.54, 1.807) is 25.1 Å². The van der Waals surface area contributed by atoms with Crippen molar-refractivity contribution in [2.45, 2.75) is 32.2 Å². The highest BCUT2D eigenvalue weighted by molar-refractivity contribution is 5.32. The number of aliphatic hydroxyl groups is 3. The molecule has 0 aromatic heterocycles. The summed E-state index contributed by atoms with van der Waals surface area (Å²) in [5, 5.41) is 32.1. The third-order valence-corrected chi connectivity index (χ3v) is 2.79. The van der Waals surface area contributed by atoms with Gasteiger partial charge in [-0.3, -0.25) is 0 Å². The molecule has 98 valence electrons. The van der Waals surface area contributed by atoms with Crippen molar-refractivity contribution < 1.29 is 15.3 Å². The van der Waals surface area contributed by atoms with Gasteiger partial charge in [0.2, 0.25) is 0 Å². The van der Waals surface area contributed by atoms with Gasteiger partial charge in [0, 0.05) is 11.5 Å². The van der Waals surface area contributed by atoms with Crippen molar-refractivity contribution >= 4 is 0 Å². The van der Waals surface area contributed by atoms with E-state index in [9.17, 15) is 10.2 Å². The van der Waals surface area contributed by atoms with Crippen molar-refractivity contribution in [3.05, 3.63) is 45.3 Å². The van der Waals surface area contributed by atoms with Crippen molar-refractivity contribution in [3.8, 4) is 0 Å². The second kappa shape index (κ2) is 6.98. The van der Waals surface area contributed by atoms with Crippen molar-refractivity contribution in [2.24, 2.45) is 5.11 Å². The zero-order valence-electron chi connectivity index (χ0n) is 10.2. The Morgan fingerprint density at radius 3 is 2.67 bits per heavy atom. The first-order valence-corrected chi connectivity index (χ1v) is 5.67. The SMILES string of the molecule is Cc1cc(CO)ccc1C(O)C(O)CCN=[N+]=[N-]. The molecule has 6 nitrogen and oxygen atoms in total. The molecule has 0 aliphatic heterocycles. The third kappa shape index (κ3) is 3.72. The lowest BCUT2D eigenvalue weighted by molar-refractivity contribution is 0.0146. The highest BCUT2D eigenvalue weighted by atomic mass is 16.3. The van der Waals surface area contributed by atoms with Crippen molar-refractivity contribution in [1.29, 1.82) is 0 Å². The fourth-order valence-electron chi connectivity index (χ4n) is 1.77. The Morgan fingerprint density at radius 1 is 1.39 bits per heavy atom. The number of azide groups is 1. The van der Waals surface area contributed by atoms with Gasteiger partial charge in [0.25, 0.3) is 0 Å². The second-order valence-corrected chi connectivity index (χ2v) is 4.10. The first kappa shape index (κ1) is 14.5. The molecular formula is C12H17N3O3. The number of benzene rings is 1. The van der Waals surface area contributed by atoms with Gasteiger partial charge in [-0.1, -0.05) is 23.3 Å². The molecule has 0 heterocycles. The molecule has 2 atom stereocenters. The minimum Gasteiger partial charge on any atom is -0.392 e. The summed E-state index contributed by atoms with van der Waals surface area (Å²) >= 11 is 0. The van der Waals surface area contributed by atoms with E-state index in [1.807, 2.05) is 0 Å². The molecule has 2 unspecified atom stereocenters. The van der Waals surface area contributed by atoms with E-state index in [4.69, 9.17) is 10.6 Å². The van der Waals surface area contributed by atoms with Crippen molar-refractivity contribution in [2.75, 3.05) is 6.54 Å². The minimum atomic E-state index is -1.02. The average molecular weight is 251 g/mol. The quantitative estimate of drug-likeness (QED) is 0.405. The average Bonchev–Trinajstić information content (AvgIpc) is 2.38. The van der Waals surface area contributed by atoms with Crippen LogP contribution >= 0.6 is 0 Å². The molecule has 18 heavy (non-hydrogen) atoms. The Labute approximate surface area is 105 Å². The van der Waals surface area contributed by atoms with Gasteiger partial charge in [0.05, 0.1) is 12.7 Å². The van der Waals surface area contributed by atoms with Crippen LogP contribution in [0, 0.1) is 6.92 Å². The maximum absolute atomic E-state index is 9.99. The molecule has 0 aliphatic carbocycles. The fraction of sp³-hybridized carbons (Fsp3) is 0.500. The predicted octanol–water partition coefficient (Wildman–Crippen LogP) is 1.58. The van der Waals surface area contributed by atoms with Gasteiger partial charge >= 0.3 is 0 Å². The van der Waals surface area contributed by atoms with Crippen LogP contribution in [0.1, 0.15) is 29.2 Å². The Kier molecular flexibility index (Phi) is 5.61. The summed E-state index contributed by atoms with van der Waals surface area (Å²) < 4.78 is 0. The van der Waals surface area contributed by atoms with Crippen LogP contribution in [-0.4, -0.2) is 28.0 Å². The summed E-state index contributed by atoms with van der Waals surface area (Å²) in [5.41, 5.74) is 10.3. The van der Waals surface area contributed by atoms with Crippen LogP contribution in [0.5, 0.6) is 0 Å². The molecule has 0 saturated carbocycles. The van der Waals surface area contributed by atoms with Gasteiger partial charge < -0.3 is 15.3 Å². The van der Waals surface area contributed by atoms with Crippen LogP contribution in [0.4, 0.5) is 0 Å². The van der Waals surface area contributed by atoms with Gasteiger partial charge in [0.15, 0.2) is 0 Å². The van der Waals surface area contributed by atoms with Crippen LogP contribution in [-0.2, 0) is 6.61 Å². The fourth-order valence-corrected chi connectivity index (χ4v) is 1.77. The zero-order chi connectivity index (χ0) is 13.5. The van der Waals surface area contributed by atoms with Crippen LogP contribution in [0.2, 0.25) is 0 Å². The van der Waals surface area contributed by atoms with Crippen LogP contribution in [0.25, 0.3) is 10.4 Å². The molecule has 0 spiro atoms. The lowest BCUT2D eigenvalue weighted by atomic mass is 9.96. The highest BCUT2D eigenvalue weighted by Crippen LogP contribution is 2.23. The molecule has 1 aromatic carbocycles. The molecule has 3 N–H and O–H groups in total. The van der Waals surface area contributed by atoms with Gasteiger partial charge in [-0.05, 0) is 35.6 Å². The summed E-state index contributed by atoms with van der Waals surface area (Å²) in [5.74, 6) is 0. The van der Waals surface area contributed by atoms with E-state index in [0.717, 1.165) is 11.1 Å². The molecule has 0 amide bonds. The number of hydrogen-bond donors (Lipinski definition) is 3.